The highest BCUT2D eigenvalue weighted by Crippen LogP contribution is 2.07. The summed E-state index contributed by atoms with van der Waals surface area (Å²) in [5.41, 5.74) is 0.482. The molecule has 0 spiro atoms. The molecular weight excluding hydrogens is 270 g/mol. The summed E-state index contributed by atoms with van der Waals surface area (Å²) >= 11 is 3.44. The van der Waals surface area contributed by atoms with Gasteiger partial charge in [-0.2, -0.15) is 5.10 Å². The molecular formula is C11H18BrN3O. The minimum atomic E-state index is -0.0907. The first-order chi connectivity index (χ1) is 7.63. The van der Waals surface area contributed by atoms with Gasteiger partial charge in [0.1, 0.15) is 5.69 Å². The zero-order chi connectivity index (χ0) is 12.0. The molecule has 0 radical (unpaired) electrons. The number of hydrogen-bond acceptors (Lipinski definition) is 2. The Balaban J connectivity index is 2.21. The molecule has 1 amide bonds. The number of halogens is 1. The molecule has 0 aromatic carbocycles. The fourth-order valence-corrected chi connectivity index (χ4v) is 1.68. The van der Waals surface area contributed by atoms with Crippen LogP contribution >= 0.6 is 15.9 Å². The van der Waals surface area contributed by atoms with Gasteiger partial charge in [-0.15, -0.1) is 0 Å². The second kappa shape index (κ2) is 6.68. The number of aromatic nitrogens is 2. The van der Waals surface area contributed by atoms with Crippen molar-refractivity contribution < 1.29 is 4.79 Å². The van der Waals surface area contributed by atoms with Crippen molar-refractivity contribution in [1.29, 1.82) is 0 Å². The Bertz CT molecular complexity index is 338. The maximum atomic E-state index is 11.6. The van der Waals surface area contributed by atoms with Gasteiger partial charge in [0.25, 0.3) is 5.91 Å². The average molecular weight is 288 g/mol. The molecule has 0 aliphatic carbocycles. The van der Waals surface area contributed by atoms with Gasteiger partial charge in [-0.1, -0.05) is 22.9 Å². The third kappa shape index (κ3) is 4.35. The lowest BCUT2D eigenvalue weighted by Crippen LogP contribution is -2.25. The van der Waals surface area contributed by atoms with Crippen molar-refractivity contribution in [3.63, 3.8) is 0 Å². The molecule has 16 heavy (non-hydrogen) atoms. The highest BCUT2D eigenvalue weighted by Gasteiger charge is 2.07. The minimum Gasteiger partial charge on any atom is -0.351 e. The SMILES string of the molecule is CC(CBr)CCCNC(=O)c1ccn(C)n1. The average Bonchev–Trinajstić information content (AvgIpc) is 2.70. The number of hydrogen-bond donors (Lipinski definition) is 1. The van der Waals surface area contributed by atoms with E-state index in [1.54, 1.807) is 24.0 Å². The summed E-state index contributed by atoms with van der Waals surface area (Å²) in [5.74, 6) is 0.568. The van der Waals surface area contributed by atoms with E-state index in [1.165, 1.54) is 0 Å². The predicted octanol–water partition coefficient (Wildman–Crippen LogP) is 1.96. The smallest absolute Gasteiger partial charge is 0.271 e. The summed E-state index contributed by atoms with van der Waals surface area (Å²) in [6, 6.07) is 1.72. The third-order valence-corrected chi connectivity index (χ3v) is 3.47. The Kier molecular flexibility index (Phi) is 5.52. The van der Waals surface area contributed by atoms with Crippen LogP contribution < -0.4 is 5.32 Å². The van der Waals surface area contributed by atoms with Crippen molar-refractivity contribution >= 4 is 21.8 Å². The van der Waals surface area contributed by atoms with Crippen molar-refractivity contribution in [3.8, 4) is 0 Å². The second-order valence-electron chi connectivity index (χ2n) is 4.03. The standard InChI is InChI=1S/C11H18BrN3O/c1-9(8-12)4-3-6-13-11(16)10-5-7-15(2)14-10/h5,7,9H,3-4,6,8H2,1-2H3,(H,13,16). The monoisotopic (exact) mass is 287 g/mol. The van der Waals surface area contributed by atoms with Crippen LogP contribution in [-0.2, 0) is 7.05 Å². The number of alkyl halides is 1. The van der Waals surface area contributed by atoms with Gasteiger partial charge in [-0.3, -0.25) is 9.48 Å². The molecule has 5 heteroatoms. The molecule has 4 nitrogen and oxygen atoms in total. The maximum Gasteiger partial charge on any atom is 0.271 e. The summed E-state index contributed by atoms with van der Waals surface area (Å²) in [5, 5.41) is 7.91. The number of carbonyl (C=O) groups is 1. The molecule has 1 aromatic heterocycles. The van der Waals surface area contributed by atoms with Crippen LogP contribution in [0.25, 0.3) is 0 Å². The van der Waals surface area contributed by atoms with E-state index in [0.717, 1.165) is 18.2 Å². The number of rotatable bonds is 6. The van der Waals surface area contributed by atoms with Crippen molar-refractivity contribution in [2.24, 2.45) is 13.0 Å². The Hall–Kier alpha value is -0.840. The first kappa shape index (κ1) is 13.2. The van der Waals surface area contributed by atoms with Crippen LogP contribution in [0.4, 0.5) is 0 Å². The van der Waals surface area contributed by atoms with Gasteiger partial charge in [0.05, 0.1) is 0 Å². The number of nitrogens with zero attached hydrogens (tertiary/aromatic N) is 2. The van der Waals surface area contributed by atoms with Crippen molar-refractivity contribution in [1.82, 2.24) is 15.1 Å². The van der Waals surface area contributed by atoms with Crippen LogP contribution in [-0.4, -0.2) is 27.6 Å². The van der Waals surface area contributed by atoms with Gasteiger partial charge < -0.3 is 5.32 Å². The quantitative estimate of drug-likeness (QED) is 0.642. The molecule has 1 atom stereocenters. The molecule has 1 N–H and O–H groups in total. The molecule has 0 aliphatic heterocycles. The van der Waals surface area contributed by atoms with E-state index < -0.39 is 0 Å². The van der Waals surface area contributed by atoms with Crippen LogP contribution in [0.15, 0.2) is 12.3 Å². The lowest BCUT2D eigenvalue weighted by Gasteiger charge is -2.07. The lowest BCUT2D eigenvalue weighted by atomic mass is 10.1. The molecule has 1 heterocycles. The third-order valence-electron chi connectivity index (χ3n) is 2.37. The van der Waals surface area contributed by atoms with Gasteiger partial charge >= 0.3 is 0 Å². The number of aryl methyl sites for hydroxylation is 1. The fraction of sp³-hybridized carbons (Fsp3) is 0.636. The van der Waals surface area contributed by atoms with Crippen LogP contribution in [0.1, 0.15) is 30.3 Å². The first-order valence-corrected chi connectivity index (χ1v) is 6.59. The van der Waals surface area contributed by atoms with E-state index >= 15 is 0 Å². The summed E-state index contributed by atoms with van der Waals surface area (Å²) in [4.78, 5) is 11.6. The van der Waals surface area contributed by atoms with Gasteiger partial charge in [0.2, 0.25) is 0 Å². The Morgan fingerprint density at radius 3 is 3.00 bits per heavy atom. The van der Waals surface area contributed by atoms with Crippen LogP contribution in [0.2, 0.25) is 0 Å². The number of nitrogens with one attached hydrogen (secondary N) is 1. The van der Waals surface area contributed by atoms with Crippen molar-refractivity contribution in [2.45, 2.75) is 19.8 Å². The lowest BCUT2D eigenvalue weighted by molar-refractivity contribution is 0.0947. The minimum absolute atomic E-state index is 0.0907. The summed E-state index contributed by atoms with van der Waals surface area (Å²) in [6.45, 7) is 2.90. The number of carbonyl (C=O) groups excluding carboxylic acids is 1. The molecule has 0 saturated carbocycles. The normalized spacial score (nSPS) is 12.4. The first-order valence-electron chi connectivity index (χ1n) is 5.47. The Labute approximate surface area is 105 Å². The largest absolute Gasteiger partial charge is 0.351 e. The molecule has 90 valence electrons. The van der Waals surface area contributed by atoms with E-state index in [1.807, 2.05) is 0 Å². The van der Waals surface area contributed by atoms with Crippen molar-refractivity contribution in [2.75, 3.05) is 11.9 Å². The van der Waals surface area contributed by atoms with Crippen molar-refractivity contribution in [3.05, 3.63) is 18.0 Å². The van der Waals surface area contributed by atoms with Gasteiger partial charge in [-0.25, -0.2) is 0 Å². The molecule has 1 aromatic rings. The maximum absolute atomic E-state index is 11.6. The zero-order valence-electron chi connectivity index (χ0n) is 9.74. The Morgan fingerprint density at radius 1 is 1.69 bits per heavy atom. The van der Waals surface area contributed by atoms with Gasteiger partial charge in [0.15, 0.2) is 0 Å². The van der Waals surface area contributed by atoms with E-state index in [9.17, 15) is 4.79 Å². The van der Waals surface area contributed by atoms with E-state index in [2.05, 4.69) is 33.3 Å². The molecule has 0 saturated heterocycles. The predicted molar refractivity (Wildman–Crippen MR) is 67.7 cm³/mol. The molecule has 1 unspecified atom stereocenters. The second-order valence-corrected chi connectivity index (χ2v) is 4.68. The molecule has 0 bridgehead atoms. The zero-order valence-corrected chi connectivity index (χ0v) is 11.3. The van der Waals surface area contributed by atoms with Gasteiger partial charge in [0, 0.05) is 25.1 Å². The summed E-state index contributed by atoms with van der Waals surface area (Å²) in [6.07, 6.45) is 3.89. The van der Waals surface area contributed by atoms with Crippen LogP contribution in [0.3, 0.4) is 0 Å². The molecule has 1 rings (SSSR count). The topological polar surface area (TPSA) is 46.9 Å². The molecule has 0 fully saturated rings. The van der Waals surface area contributed by atoms with Crippen LogP contribution in [0, 0.1) is 5.92 Å². The number of amides is 1. The molecule has 0 aliphatic rings. The van der Waals surface area contributed by atoms with Crippen LogP contribution in [0.5, 0.6) is 0 Å². The van der Waals surface area contributed by atoms with E-state index in [-0.39, 0.29) is 5.91 Å². The van der Waals surface area contributed by atoms with E-state index in [0.29, 0.717) is 18.2 Å². The fourth-order valence-electron chi connectivity index (χ4n) is 1.36. The Morgan fingerprint density at radius 2 is 2.44 bits per heavy atom. The summed E-state index contributed by atoms with van der Waals surface area (Å²) < 4.78 is 1.63. The highest BCUT2D eigenvalue weighted by atomic mass is 79.9. The highest BCUT2D eigenvalue weighted by molar-refractivity contribution is 9.09. The van der Waals surface area contributed by atoms with E-state index in [4.69, 9.17) is 0 Å². The van der Waals surface area contributed by atoms with Gasteiger partial charge in [-0.05, 0) is 24.8 Å². The summed E-state index contributed by atoms with van der Waals surface area (Å²) in [7, 11) is 1.80.